The van der Waals surface area contributed by atoms with Gasteiger partial charge in [0.15, 0.2) is 5.82 Å². The number of hydrogen-bond donors (Lipinski definition) is 1. The Morgan fingerprint density at radius 1 is 1.00 bits per heavy atom. The number of anilines is 2. The van der Waals surface area contributed by atoms with Gasteiger partial charge < -0.3 is 14.9 Å². The van der Waals surface area contributed by atoms with E-state index >= 15 is 0 Å². The molecule has 21 heavy (non-hydrogen) atoms. The van der Waals surface area contributed by atoms with Crippen LogP contribution in [0.25, 0.3) is 0 Å². The lowest BCUT2D eigenvalue weighted by Gasteiger charge is -2.37. The van der Waals surface area contributed by atoms with Crippen molar-refractivity contribution >= 4 is 11.5 Å². The lowest BCUT2D eigenvalue weighted by Crippen LogP contribution is -2.47. The molecule has 2 heterocycles. The van der Waals surface area contributed by atoms with Crippen molar-refractivity contribution in [1.29, 1.82) is 0 Å². The topological polar surface area (TPSA) is 39.6 Å². The van der Waals surface area contributed by atoms with E-state index in [1.54, 1.807) is 24.4 Å². The van der Waals surface area contributed by atoms with Gasteiger partial charge in [0.05, 0.1) is 12.3 Å². The molecule has 1 aliphatic heterocycles. The van der Waals surface area contributed by atoms with Crippen molar-refractivity contribution in [2.45, 2.75) is 6.61 Å². The molecule has 2 aromatic rings. The number of aromatic nitrogens is 1. The first-order valence-electron chi connectivity index (χ1n) is 7.09. The molecule has 0 saturated carbocycles. The molecule has 3 rings (SSSR count). The van der Waals surface area contributed by atoms with E-state index in [0.29, 0.717) is 11.3 Å². The highest BCUT2D eigenvalue weighted by Gasteiger charge is 2.21. The number of benzene rings is 1. The maximum absolute atomic E-state index is 14.2. The number of aliphatic hydroxyl groups excluding tert-OH is 1. The summed E-state index contributed by atoms with van der Waals surface area (Å²) in [7, 11) is 0. The van der Waals surface area contributed by atoms with Crippen LogP contribution in [0.4, 0.5) is 15.9 Å². The second-order valence-electron chi connectivity index (χ2n) is 5.07. The molecule has 1 N–H and O–H groups in total. The van der Waals surface area contributed by atoms with Crippen LogP contribution in [0.2, 0.25) is 0 Å². The smallest absolute Gasteiger partial charge is 0.151 e. The van der Waals surface area contributed by atoms with Crippen LogP contribution in [-0.4, -0.2) is 36.3 Å². The van der Waals surface area contributed by atoms with Gasteiger partial charge in [-0.1, -0.05) is 18.2 Å². The van der Waals surface area contributed by atoms with Crippen molar-refractivity contribution in [3.8, 4) is 0 Å². The summed E-state index contributed by atoms with van der Waals surface area (Å²) in [4.78, 5) is 8.57. The van der Waals surface area contributed by atoms with Gasteiger partial charge in [0.1, 0.15) is 5.82 Å². The maximum atomic E-state index is 14.2. The van der Waals surface area contributed by atoms with Crippen molar-refractivity contribution in [2.24, 2.45) is 0 Å². The van der Waals surface area contributed by atoms with E-state index < -0.39 is 0 Å². The Bertz CT molecular complexity index is 598. The zero-order valence-corrected chi connectivity index (χ0v) is 11.7. The standard InChI is InChI=1S/C16H18FN3O/c17-16-13(12-21)4-3-5-14(16)19-8-10-20(11-9-19)15-6-1-2-7-18-15/h1-7,21H,8-12H2. The minimum atomic E-state index is -0.314. The number of aliphatic hydroxyl groups is 1. The van der Waals surface area contributed by atoms with Crippen molar-refractivity contribution in [2.75, 3.05) is 36.0 Å². The Labute approximate surface area is 123 Å². The van der Waals surface area contributed by atoms with Crippen LogP contribution in [-0.2, 0) is 6.61 Å². The molecule has 1 aromatic carbocycles. The molecular weight excluding hydrogens is 269 g/mol. The molecule has 0 atom stereocenters. The highest BCUT2D eigenvalue weighted by Crippen LogP contribution is 2.24. The van der Waals surface area contributed by atoms with E-state index in [1.165, 1.54) is 0 Å². The monoisotopic (exact) mass is 287 g/mol. The molecule has 0 amide bonds. The summed E-state index contributed by atoms with van der Waals surface area (Å²) >= 11 is 0. The van der Waals surface area contributed by atoms with Crippen molar-refractivity contribution < 1.29 is 9.50 Å². The zero-order valence-electron chi connectivity index (χ0n) is 11.7. The van der Waals surface area contributed by atoms with E-state index in [9.17, 15) is 4.39 Å². The van der Waals surface area contributed by atoms with Crippen molar-refractivity contribution in [3.63, 3.8) is 0 Å². The Kier molecular flexibility index (Phi) is 4.01. The van der Waals surface area contributed by atoms with Gasteiger partial charge >= 0.3 is 0 Å². The van der Waals surface area contributed by atoms with Crippen LogP contribution >= 0.6 is 0 Å². The van der Waals surface area contributed by atoms with Crippen LogP contribution in [0, 0.1) is 5.82 Å². The van der Waals surface area contributed by atoms with Gasteiger partial charge in [-0.15, -0.1) is 0 Å². The Hall–Kier alpha value is -2.14. The number of rotatable bonds is 3. The molecule has 4 nitrogen and oxygen atoms in total. The predicted molar refractivity (Wildman–Crippen MR) is 81.0 cm³/mol. The highest BCUT2D eigenvalue weighted by molar-refractivity contribution is 5.52. The Morgan fingerprint density at radius 3 is 2.43 bits per heavy atom. The third-order valence-corrected chi connectivity index (χ3v) is 3.82. The van der Waals surface area contributed by atoms with E-state index in [-0.39, 0.29) is 12.4 Å². The number of hydrogen-bond acceptors (Lipinski definition) is 4. The zero-order chi connectivity index (χ0) is 14.7. The molecule has 0 unspecified atom stereocenters. The number of halogens is 1. The summed E-state index contributed by atoms with van der Waals surface area (Å²) in [5, 5.41) is 9.16. The molecule has 5 heteroatoms. The molecule has 0 bridgehead atoms. The van der Waals surface area contributed by atoms with Crippen LogP contribution in [0.3, 0.4) is 0 Å². The van der Waals surface area contributed by atoms with Gasteiger partial charge in [-0.2, -0.15) is 0 Å². The fourth-order valence-electron chi connectivity index (χ4n) is 2.65. The summed E-state index contributed by atoms with van der Waals surface area (Å²) in [5.74, 6) is 0.646. The first-order valence-corrected chi connectivity index (χ1v) is 7.09. The van der Waals surface area contributed by atoms with Crippen LogP contribution in [0.5, 0.6) is 0 Å². The molecule has 1 aromatic heterocycles. The molecule has 1 saturated heterocycles. The fourth-order valence-corrected chi connectivity index (χ4v) is 2.65. The predicted octanol–water partition coefficient (Wildman–Crippen LogP) is 2.04. The second kappa shape index (κ2) is 6.10. The first-order chi connectivity index (χ1) is 10.3. The Balaban J connectivity index is 1.72. The molecule has 1 fully saturated rings. The van der Waals surface area contributed by atoms with E-state index in [0.717, 1.165) is 32.0 Å². The summed E-state index contributed by atoms with van der Waals surface area (Å²) in [5.41, 5.74) is 0.918. The number of nitrogens with zero attached hydrogens (tertiary/aromatic N) is 3. The summed E-state index contributed by atoms with van der Waals surface area (Å²) in [6.07, 6.45) is 1.78. The summed E-state index contributed by atoms with van der Waals surface area (Å²) in [6.45, 7) is 2.82. The quantitative estimate of drug-likeness (QED) is 0.938. The molecule has 110 valence electrons. The van der Waals surface area contributed by atoms with E-state index in [2.05, 4.69) is 9.88 Å². The third kappa shape index (κ3) is 2.83. The van der Waals surface area contributed by atoms with Crippen LogP contribution < -0.4 is 9.80 Å². The fraction of sp³-hybridized carbons (Fsp3) is 0.312. The minimum Gasteiger partial charge on any atom is -0.392 e. The summed E-state index contributed by atoms with van der Waals surface area (Å²) < 4.78 is 14.2. The minimum absolute atomic E-state index is 0.270. The van der Waals surface area contributed by atoms with Crippen LogP contribution in [0.1, 0.15) is 5.56 Å². The van der Waals surface area contributed by atoms with Gasteiger partial charge in [-0.25, -0.2) is 9.37 Å². The van der Waals surface area contributed by atoms with Gasteiger partial charge in [0.2, 0.25) is 0 Å². The molecular formula is C16H18FN3O. The normalized spacial score (nSPS) is 15.3. The Morgan fingerprint density at radius 2 is 1.76 bits per heavy atom. The largest absolute Gasteiger partial charge is 0.392 e. The maximum Gasteiger partial charge on any atom is 0.151 e. The van der Waals surface area contributed by atoms with Gasteiger partial charge in [0.25, 0.3) is 0 Å². The molecule has 0 radical (unpaired) electrons. The van der Waals surface area contributed by atoms with E-state index in [1.807, 2.05) is 23.1 Å². The van der Waals surface area contributed by atoms with Gasteiger partial charge in [-0.05, 0) is 18.2 Å². The van der Waals surface area contributed by atoms with Crippen molar-refractivity contribution in [1.82, 2.24) is 4.98 Å². The van der Waals surface area contributed by atoms with Gasteiger partial charge in [-0.3, -0.25) is 0 Å². The molecule has 1 aliphatic rings. The van der Waals surface area contributed by atoms with E-state index in [4.69, 9.17) is 5.11 Å². The second-order valence-corrected chi connectivity index (χ2v) is 5.07. The lowest BCUT2D eigenvalue weighted by molar-refractivity contribution is 0.276. The van der Waals surface area contributed by atoms with Gasteiger partial charge in [0, 0.05) is 37.9 Å². The number of pyridine rings is 1. The third-order valence-electron chi connectivity index (χ3n) is 3.82. The first kappa shape index (κ1) is 13.8. The van der Waals surface area contributed by atoms with Crippen molar-refractivity contribution in [3.05, 3.63) is 54.0 Å². The lowest BCUT2D eigenvalue weighted by atomic mass is 10.1. The summed E-state index contributed by atoms with van der Waals surface area (Å²) in [6, 6.07) is 11.0. The average molecular weight is 287 g/mol. The molecule has 0 spiro atoms. The molecule has 0 aliphatic carbocycles. The SMILES string of the molecule is OCc1cccc(N2CCN(c3ccccn3)CC2)c1F. The van der Waals surface area contributed by atoms with Crippen LogP contribution in [0.15, 0.2) is 42.6 Å². The average Bonchev–Trinajstić information content (AvgIpc) is 2.56. The highest BCUT2D eigenvalue weighted by atomic mass is 19.1. The number of piperazine rings is 1.